The minimum absolute atomic E-state index is 0.0430. The fourth-order valence-electron chi connectivity index (χ4n) is 2.80. The quantitative estimate of drug-likeness (QED) is 0.882. The minimum atomic E-state index is -2.90. The lowest BCUT2D eigenvalue weighted by Gasteiger charge is -2.09. The maximum atomic E-state index is 12.1. The van der Waals surface area contributed by atoms with Gasteiger partial charge in [0.25, 0.3) is 0 Å². The topological polar surface area (TPSA) is 76.1 Å². The molecular weight excluding hydrogens is 344 g/mol. The number of nitrogens with one attached hydrogen (secondary N) is 1. The summed E-state index contributed by atoms with van der Waals surface area (Å²) in [6, 6.07) is 9.90. The number of carbonyl (C=O) groups is 1. The van der Waals surface area contributed by atoms with Crippen LogP contribution in [0.1, 0.15) is 17.0 Å². The van der Waals surface area contributed by atoms with Crippen molar-refractivity contribution in [3.05, 3.63) is 40.9 Å². The first-order chi connectivity index (χ1) is 11.4. The first-order valence-corrected chi connectivity index (χ1v) is 10.6. The number of amides is 1. The van der Waals surface area contributed by atoms with Gasteiger partial charge >= 0.3 is 0 Å². The summed E-state index contributed by atoms with van der Waals surface area (Å²) in [4.78, 5) is 17.6. The highest BCUT2D eigenvalue weighted by Crippen LogP contribution is 2.28. The van der Waals surface area contributed by atoms with Crippen molar-refractivity contribution in [3.8, 4) is 10.6 Å². The molecule has 1 saturated heterocycles. The zero-order valence-electron chi connectivity index (χ0n) is 13.5. The summed E-state index contributed by atoms with van der Waals surface area (Å²) in [5.41, 5.74) is 1.92. The zero-order chi connectivity index (χ0) is 17.2. The Balaban J connectivity index is 1.58. The summed E-state index contributed by atoms with van der Waals surface area (Å²) in [5.74, 6) is 0.388. The molecule has 0 spiro atoms. The van der Waals surface area contributed by atoms with Crippen LogP contribution in [0.25, 0.3) is 10.6 Å². The maximum absolute atomic E-state index is 12.1. The molecule has 128 valence electrons. The van der Waals surface area contributed by atoms with E-state index >= 15 is 0 Å². The molecule has 1 aromatic carbocycles. The van der Waals surface area contributed by atoms with Crippen molar-refractivity contribution in [2.24, 2.45) is 5.92 Å². The number of thiazole rings is 1. The molecule has 1 atom stereocenters. The van der Waals surface area contributed by atoms with Crippen LogP contribution in [-0.4, -0.2) is 37.4 Å². The molecule has 1 aromatic heterocycles. The number of nitrogens with zero attached hydrogens (tertiary/aromatic N) is 1. The first kappa shape index (κ1) is 17.1. The van der Waals surface area contributed by atoms with Gasteiger partial charge in [-0.3, -0.25) is 4.79 Å². The highest BCUT2D eigenvalue weighted by Gasteiger charge is 2.28. The van der Waals surface area contributed by atoms with Gasteiger partial charge in [-0.25, -0.2) is 13.4 Å². The summed E-state index contributed by atoms with van der Waals surface area (Å²) in [6.07, 6.45) is 0.927. The summed E-state index contributed by atoms with van der Waals surface area (Å²) in [5, 5.41) is 3.78. The van der Waals surface area contributed by atoms with Crippen molar-refractivity contribution in [2.45, 2.75) is 19.8 Å². The molecule has 5 nitrogen and oxygen atoms in total. The third-order valence-electron chi connectivity index (χ3n) is 4.15. The Kier molecular flexibility index (Phi) is 5.01. The number of aromatic nitrogens is 1. The molecule has 24 heavy (non-hydrogen) atoms. The minimum Gasteiger partial charge on any atom is -0.355 e. The predicted octanol–water partition coefficient (Wildman–Crippen LogP) is 2.21. The van der Waals surface area contributed by atoms with Gasteiger partial charge in [-0.15, -0.1) is 11.3 Å². The Morgan fingerprint density at radius 3 is 2.75 bits per heavy atom. The molecule has 1 aliphatic rings. The van der Waals surface area contributed by atoms with E-state index in [-0.39, 0.29) is 29.8 Å². The van der Waals surface area contributed by atoms with Crippen LogP contribution in [0, 0.1) is 12.8 Å². The summed E-state index contributed by atoms with van der Waals surface area (Å²) in [6.45, 7) is 2.34. The lowest BCUT2D eigenvalue weighted by Crippen LogP contribution is -2.30. The number of carbonyl (C=O) groups excluding carboxylic acids is 1. The molecule has 2 heterocycles. The Morgan fingerprint density at radius 1 is 1.33 bits per heavy atom. The summed E-state index contributed by atoms with van der Waals surface area (Å²) < 4.78 is 22.9. The van der Waals surface area contributed by atoms with Crippen molar-refractivity contribution in [1.29, 1.82) is 0 Å². The van der Waals surface area contributed by atoms with Gasteiger partial charge in [0, 0.05) is 17.0 Å². The van der Waals surface area contributed by atoms with Gasteiger partial charge in [-0.1, -0.05) is 30.3 Å². The molecule has 1 amide bonds. The molecule has 0 bridgehead atoms. The van der Waals surface area contributed by atoms with Gasteiger partial charge in [0.1, 0.15) is 5.01 Å². The van der Waals surface area contributed by atoms with E-state index in [0.29, 0.717) is 13.0 Å². The van der Waals surface area contributed by atoms with E-state index in [1.165, 1.54) is 11.3 Å². The molecule has 3 rings (SSSR count). The Bertz CT molecular complexity index is 829. The molecule has 2 aromatic rings. The summed E-state index contributed by atoms with van der Waals surface area (Å²) >= 11 is 1.53. The lowest BCUT2D eigenvalue weighted by molar-refractivity contribution is -0.120. The molecule has 1 unspecified atom stereocenters. The van der Waals surface area contributed by atoms with Crippen molar-refractivity contribution < 1.29 is 13.2 Å². The van der Waals surface area contributed by atoms with Crippen LogP contribution in [-0.2, 0) is 21.1 Å². The van der Waals surface area contributed by atoms with E-state index in [0.717, 1.165) is 21.1 Å². The van der Waals surface area contributed by atoms with Crippen molar-refractivity contribution in [3.63, 3.8) is 0 Å². The standard InChI is InChI=1S/C17H20N2O3S2/c1-12-15(23-17(19-12)14-5-3-2-4-6-14)9-16(20)18-10-13-7-8-24(21,22)11-13/h2-6,13H,7-11H2,1H3,(H,18,20). The van der Waals surface area contributed by atoms with Crippen molar-refractivity contribution in [1.82, 2.24) is 10.3 Å². The molecule has 7 heteroatoms. The second-order valence-corrected chi connectivity index (χ2v) is 9.46. The van der Waals surface area contributed by atoms with Crippen LogP contribution in [0.2, 0.25) is 0 Å². The average molecular weight is 364 g/mol. The van der Waals surface area contributed by atoms with Gasteiger partial charge in [0.05, 0.1) is 23.6 Å². The molecule has 1 aliphatic heterocycles. The van der Waals surface area contributed by atoms with Gasteiger partial charge in [-0.2, -0.15) is 0 Å². The second-order valence-electron chi connectivity index (χ2n) is 6.14. The van der Waals surface area contributed by atoms with E-state index in [1.807, 2.05) is 37.3 Å². The maximum Gasteiger partial charge on any atom is 0.225 e. The summed E-state index contributed by atoms with van der Waals surface area (Å²) in [7, 11) is -2.90. The van der Waals surface area contributed by atoms with E-state index in [2.05, 4.69) is 10.3 Å². The third kappa shape index (κ3) is 4.21. The highest BCUT2D eigenvalue weighted by atomic mass is 32.2. The van der Waals surface area contributed by atoms with Gasteiger partial charge in [0.15, 0.2) is 9.84 Å². The average Bonchev–Trinajstić information content (AvgIpc) is 3.09. The Labute approximate surface area is 146 Å². The monoisotopic (exact) mass is 364 g/mol. The molecule has 0 radical (unpaired) electrons. The SMILES string of the molecule is Cc1nc(-c2ccccc2)sc1CC(=O)NCC1CCS(=O)(=O)C1. The molecule has 0 saturated carbocycles. The van der Waals surface area contributed by atoms with E-state index in [9.17, 15) is 13.2 Å². The smallest absolute Gasteiger partial charge is 0.225 e. The van der Waals surface area contributed by atoms with Crippen LogP contribution in [0.5, 0.6) is 0 Å². The largest absolute Gasteiger partial charge is 0.355 e. The van der Waals surface area contributed by atoms with Crippen LogP contribution >= 0.6 is 11.3 Å². The van der Waals surface area contributed by atoms with Crippen LogP contribution in [0.4, 0.5) is 0 Å². The van der Waals surface area contributed by atoms with Crippen LogP contribution < -0.4 is 5.32 Å². The normalized spacial score (nSPS) is 19.3. The number of benzene rings is 1. The van der Waals surface area contributed by atoms with Crippen LogP contribution in [0.3, 0.4) is 0 Å². The van der Waals surface area contributed by atoms with Crippen LogP contribution in [0.15, 0.2) is 30.3 Å². The Morgan fingerprint density at radius 2 is 2.08 bits per heavy atom. The molecular formula is C17H20N2O3S2. The van der Waals surface area contributed by atoms with E-state index in [4.69, 9.17) is 0 Å². The number of hydrogen-bond acceptors (Lipinski definition) is 5. The van der Waals surface area contributed by atoms with Crippen molar-refractivity contribution in [2.75, 3.05) is 18.1 Å². The Hall–Kier alpha value is -1.73. The third-order valence-corrected chi connectivity index (χ3v) is 7.19. The highest BCUT2D eigenvalue weighted by molar-refractivity contribution is 7.91. The number of rotatable bonds is 5. The van der Waals surface area contributed by atoms with Gasteiger partial charge < -0.3 is 5.32 Å². The van der Waals surface area contributed by atoms with E-state index in [1.54, 1.807) is 0 Å². The second kappa shape index (κ2) is 7.03. The lowest BCUT2D eigenvalue weighted by atomic mass is 10.1. The molecule has 0 aliphatic carbocycles. The number of sulfone groups is 1. The number of aryl methyl sites for hydroxylation is 1. The predicted molar refractivity (Wildman–Crippen MR) is 95.8 cm³/mol. The molecule has 1 N–H and O–H groups in total. The first-order valence-electron chi connectivity index (χ1n) is 7.92. The van der Waals surface area contributed by atoms with Gasteiger partial charge in [0.2, 0.25) is 5.91 Å². The fraction of sp³-hybridized carbons (Fsp3) is 0.412. The van der Waals surface area contributed by atoms with Crippen molar-refractivity contribution >= 4 is 27.1 Å². The van der Waals surface area contributed by atoms with E-state index < -0.39 is 9.84 Å². The number of hydrogen-bond donors (Lipinski definition) is 1. The fourth-order valence-corrected chi connectivity index (χ4v) is 5.72. The van der Waals surface area contributed by atoms with Gasteiger partial charge in [-0.05, 0) is 19.3 Å². The zero-order valence-corrected chi connectivity index (χ0v) is 15.1. The molecule has 1 fully saturated rings.